The first-order valence-corrected chi connectivity index (χ1v) is 7.57. The van der Waals surface area contributed by atoms with Gasteiger partial charge in [0.25, 0.3) is 0 Å². The third-order valence-electron chi connectivity index (χ3n) is 3.12. The molecule has 0 bridgehead atoms. The van der Waals surface area contributed by atoms with Gasteiger partial charge in [-0.15, -0.1) is 10.2 Å². The third-order valence-corrected chi connectivity index (χ3v) is 4.26. The monoisotopic (exact) mass is 291 g/mol. The Morgan fingerprint density at radius 1 is 1.30 bits per heavy atom. The van der Waals surface area contributed by atoms with E-state index < -0.39 is 0 Å². The van der Waals surface area contributed by atoms with E-state index in [2.05, 4.69) is 29.4 Å². The van der Waals surface area contributed by atoms with E-state index >= 15 is 0 Å². The topological polar surface area (TPSA) is 56.3 Å². The number of ether oxygens (including phenoxy) is 2. The molecule has 3 rings (SSSR count). The van der Waals surface area contributed by atoms with Gasteiger partial charge in [0.1, 0.15) is 18.2 Å². The molecule has 5 nitrogen and oxygen atoms in total. The number of hydrogen-bond donors (Lipinski definition) is 1. The smallest absolute Gasteiger partial charge is 0.171 e. The zero-order valence-electron chi connectivity index (χ0n) is 11.5. The van der Waals surface area contributed by atoms with Crippen LogP contribution < -0.4 is 14.8 Å². The minimum Gasteiger partial charge on any atom is -0.486 e. The second-order valence-electron chi connectivity index (χ2n) is 4.55. The van der Waals surface area contributed by atoms with Gasteiger partial charge >= 0.3 is 0 Å². The number of benzene rings is 1. The first kappa shape index (κ1) is 13.3. The molecule has 0 fully saturated rings. The lowest BCUT2D eigenvalue weighted by molar-refractivity contribution is 0.172. The number of rotatable bonds is 4. The summed E-state index contributed by atoms with van der Waals surface area (Å²) in [6.45, 7) is 6.25. The predicted octanol–water partition coefficient (Wildman–Crippen LogP) is 2.65. The summed E-state index contributed by atoms with van der Waals surface area (Å²) >= 11 is 1.59. The molecule has 0 spiro atoms. The Labute approximate surface area is 121 Å². The minimum absolute atomic E-state index is 0.211. The van der Waals surface area contributed by atoms with Crippen LogP contribution in [0.2, 0.25) is 0 Å². The molecule has 1 N–H and O–H groups in total. The molecule has 0 radical (unpaired) electrons. The van der Waals surface area contributed by atoms with Crippen molar-refractivity contribution >= 4 is 11.3 Å². The molecule has 1 aromatic carbocycles. The van der Waals surface area contributed by atoms with Gasteiger partial charge in [-0.25, -0.2) is 0 Å². The number of aromatic nitrogens is 2. The highest BCUT2D eigenvalue weighted by atomic mass is 32.1. The average Bonchev–Trinajstić information content (AvgIpc) is 2.97. The molecular formula is C14H17N3O2S. The van der Waals surface area contributed by atoms with E-state index in [1.54, 1.807) is 11.3 Å². The maximum atomic E-state index is 5.72. The fraction of sp³-hybridized carbons (Fsp3) is 0.429. The number of para-hydroxylation sites is 1. The zero-order valence-corrected chi connectivity index (χ0v) is 12.4. The van der Waals surface area contributed by atoms with Crippen molar-refractivity contribution in [1.82, 2.24) is 15.5 Å². The Morgan fingerprint density at radius 2 is 2.15 bits per heavy atom. The van der Waals surface area contributed by atoms with Crippen LogP contribution in [0, 0.1) is 0 Å². The van der Waals surface area contributed by atoms with Gasteiger partial charge in [0.2, 0.25) is 0 Å². The molecule has 2 aromatic rings. The molecule has 1 unspecified atom stereocenters. The second-order valence-corrected chi connectivity index (χ2v) is 5.56. The van der Waals surface area contributed by atoms with E-state index in [-0.39, 0.29) is 6.04 Å². The van der Waals surface area contributed by atoms with Crippen LogP contribution in [0.4, 0.5) is 0 Å². The van der Waals surface area contributed by atoms with Crippen LogP contribution in [-0.2, 0) is 0 Å². The van der Waals surface area contributed by atoms with Gasteiger partial charge in [-0.05, 0) is 25.6 Å². The Balaban J connectivity index is 1.94. The van der Waals surface area contributed by atoms with E-state index in [0.717, 1.165) is 33.6 Å². The molecule has 6 heteroatoms. The van der Waals surface area contributed by atoms with Crippen molar-refractivity contribution in [3.63, 3.8) is 0 Å². The molecule has 106 valence electrons. The Kier molecular flexibility index (Phi) is 3.84. The highest BCUT2D eigenvalue weighted by Crippen LogP contribution is 2.41. The summed E-state index contributed by atoms with van der Waals surface area (Å²) in [4.78, 5) is 0. The quantitative estimate of drug-likeness (QED) is 0.938. The van der Waals surface area contributed by atoms with Gasteiger partial charge < -0.3 is 14.8 Å². The van der Waals surface area contributed by atoms with Gasteiger partial charge in [0.05, 0.1) is 11.6 Å². The number of nitrogens with zero attached hydrogens (tertiary/aromatic N) is 2. The van der Waals surface area contributed by atoms with E-state index in [4.69, 9.17) is 9.47 Å². The van der Waals surface area contributed by atoms with Crippen molar-refractivity contribution in [1.29, 1.82) is 0 Å². The van der Waals surface area contributed by atoms with Crippen LogP contribution in [0.1, 0.15) is 24.9 Å². The Hall–Kier alpha value is -1.66. The average molecular weight is 291 g/mol. The van der Waals surface area contributed by atoms with Crippen molar-refractivity contribution in [2.75, 3.05) is 19.8 Å². The molecule has 0 saturated heterocycles. The maximum Gasteiger partial charge on any atom is 0.171 e. The third kappa shape index (κ3) is 2.48. The molecule has 1 aliphatic heterocycles. The molecule has 20 heavy (non-hydrogen) atoms. The minimum atomic E-state index is 0.211. The van der Waals surface area contributed by atoms with Crippen molar-refractivity contribution in [2.24, 2.45) is 0 Å². The van der Waals surface area contributed by atoms with Crippen molar-refractivity contribution < 1.29 is 9.47 Å². The predicted molar refractivity (Wildman–Crippen MR) is 78.4 cm³/mol. The lowest BCUT2D eigenvalue weighted by Crippen LogP contribution is -2.17. The summed E-state index contributed by atoms with van der Waals surface area (Å²) in [5, 5.41) is 13.8. The molecule has 0 amide bonds. The Bertz CT molecular complexity index is 600. The summed E-state index contributed by atoms with van der Waals surface area (Å²) in [6, 6.07) is 6.08. The van der Waals surface area contributed by atoms with Crippen LogP contribution in [0.5, 0.6) is 11.5 Å². The molecule has 2 heterocycles. The van der Waals surface area contributed by atoms with Crippen molar-refractivity contribution in [3.8, 4) is 22.1 Å². The van der Waals surface area contributed by atoms with Gasteiger partial charge in [-0.2, -0.15) is 0 Å². The Morgan fingerprint density at radius 3 is 3.00 bits per heavy atom. The van der Waals surface area contributed by atoms with Gasteiger partial charge in [-0.1, -0.05) is 24.3 Å². The fourth-order valence-corrected chi connectivity index (χ4v) is 3.05. The number of nitrogens with one attached hydrogen (secondary N) is 1. The van der Waals surface area contributed by atoms with Crippen LogP contribution in [0.25, 0.3) is 10.6 Å². The normalized spacial score (nSPS) is 15.1. The van der Waals surface area contributed by atoms with Crippen molar-refractivity contribution in [3.05, 3.63) is 23.2 Å². The van der Waals surface area contributed by atoms with Gasteiger partial charge in [0.15, 0.2) is 16.5 Å². The summed E-state index contributed by atoms with van der Waals surface area (Å²) in [6.07, 6.45) is 0. The van der Waals surface area contributed by atoms with E-state index in [1.165, 1.54) is 0 Å². The molecule has 0 aliphatic carbocycles. The molecular weight excluding hydrogens is 274 g/mol. The van der Waals surface area contributed by atoms with Gasteiger partial charge in [0, 0.05) is 0 Å². The van der Waals surface area contributed by atoms with Crippen molar-refractivity contribution in [2.45, 2.75) is 19.9 Å². The standard InChI is InChI=1S/C14H17N3O2S/c1-3-15-9(2)13-16-17-14(20-13)10-5-4-6-11-12(10)19-8-7-18-11/h4-6,9,15H,3,7-8H2,1-2H3. The number of fused-ring (bicyclic) bond motifs is 1. The highest BCUT2D eigenvalue weighted by Gasteiger charge is 2.20. The summed E-state index contributed by atoms with van der Waals surface area (Å²) in [5.41, 5.74) is 0.953. The lowest BCUT2D eigenvalue weighted by Gasteiger charge is -2.19. The largest absolute Gasteiger partial charge is 0.486 e. The summed E-state index contributed by atoms with van der Waals surface area (Å²) in [7, 11) is 0. The maximum absolute atomic E-state index is 5.72. The first-order valence-electron chi connectivity index (χ1n) is 6.75. The SMILES string of the molecule is CCNC(C)c1nnc(-c2cccc3c2OCCO3)s1. The van der Waals surface area contributed by atoms with Gasteiger partial charge in [-0.3, -0.25) is 0 Å². The van der Waals surface area contributed by atoms with E-state index in [0.29, 0.717) is 13.2 Å². The molecule has 1 aromatic heterocycles. The van der Waals surface area contributed by atoms with Crippen LogP contribution in [0.15, 0.2) is 18.2 Å². The van der Waals surface area contributed by atoms with Crippen LogP contribution in [0.3, 0.4) is 0 Å². The molecule has 1 atom stereocenters. The second kappa shape index (κ2) is 5.76. The molecule has 0 saturated carbocycles. The first-order chi connectivity index (χ1) is 9.79. The summed E-state index contributed by atoms with van der Waals surface area (Å²) < 4.78 is 11.3. The zero-order chi connectivity index (χ0) is 13.9. The highest BCUT2D eigenvalue weighted by molar-refractivity contribution is 7.14. The number of hydrogen-bond acceptors (Lipinski definition) is 6. The van der Waals surface area contributed by atoms with Crippen LogP contribution >= 0.6 is 11.3 Å². The summed E-state index contributed by atoms with van der Waals surface area (Å²) in [5.74, 6) is 1.56. The van der Waals surface area contributed by atoms with E-state index in [1.807, 2.05) is 18.2 Å². The van der Waals surface area contributed by atoms with Crippen LogP contribution in [-0.4, -0.2) is 30.0 Å². The fourth-order valence-electron chi connectivity index (χ4n) is 2.15. The van der Waals surface area contributed by atoms with E-state index in [9.17, 15) is 0 Å². The lowest BCUT2D eigenvalue weighted by atomic mass is 10.2. The molecule has 1 aliphatic rings.